The van der Waals surface area contributed by atoms with Gasteiger partial charge in [0.2, 0.25) is 0 Å². The van der Waals surface area contributed by atoms with Crippen molar-refractivity contribution < 1.29 is 69.9 Å². The number of fused-ring (bicyclic) bond motifs is 9. The van der Waals surface area contributed by atoms with Crippen LogP contribution in [0, 0.1) is 17.3 Å². The summed E-state index contributed by atoms with van der Waals surface area (Å²) in [7, 11) is -7.67. The van der Waals surface area contributed by atoms with Crippen LogP contribution in [0.1, 0.15) is 0 Å². The molecule has 0 spiro atoms. The van der Waals surface area contributed by atoms with Crippen molar-refractivity contribution in [2.75, 3.05) is 59.5 Å². The van der Waals surface area contributed by atoms with Crippen LogP contribution in [0.5, 0.6) is 0 Å². The minimum atomic E-state index is -4.64. The van der Waals surface area contributed by atoms with Crippen LogP contribution in [0.3, 0.4) is 0 Å². The standard InChI is InChI=1S/C5H7O5P.2C4H7O3P.H3O4P/c6-4(7)5-1-8-11(9-2-5)10-3-5;2*1-4-2-6-8(5-1)7-3-4;1-5(2,3)4/h1-3H2,(H,6,7);2*4H,1-3H2;(H3,1,2,3,4). The first kappa shape index (κ1) is 27.1. The molecule has 0 amide bonds. The van der Waals surface area contributed by atoms with Gasteiger partial charge in [0.1, 0.15) is 5.41 Å². The first-order valence-corrected chi connectivity index (χ1v) is 14.1. The Bertz CT molecular complexity index is 547. The maximum Gasteiger partial charge on any atom is 0.466 e. The molecule has 0 unspecified atom stereocenters. The van der Waals surface area contributed by atoms with Crippen LogP contribution in [0.4, 0.5) is 0 Å². The first-order valence-electron chi connectivity index (χ1n) is 9.21. The van der Waals surface area contributed by atoms with E-state index in [0.29, 0.717) is 11.8 Å². The van der Waals surface area contributed by atoms with E-state index in [0.717, 1.165) is 39.6 Å². The van der Waals surface area contributed by atoms with E-state index in [4.69, 9.17) is 65.1 Å². The molecule has 32 heavy (non-hydrogen) atoms. The number of carbonyl (C=O) groups is 1. The van der Waals surface area contributed by atoms with Gasteiger partial charge in [-0.3, -0.25) is 4.79 Å². The van der Waals surface area contributed by atoms with Gasteiger partial charge in [-0.2, -0.15) is 0 Å². The largest absolute Gasteiger partial charge is 0.481 e. The number of hydrogen-bond acceptors (Lipinski definition) is 11. The van der Waals surface area contributed by atoms with E-state index in [1.165, 1.54) is 0 Å². The molecule has 0 aliphatic carbocycles. The van der Waals surface area contributed by atoms with Gasteiger partial charge in [0, 0.05) is 11.8 Å². The van der Waals surface area contributed by atoms with Gasteiger partial charge in [-0.1, -0.05) is 0 Å². The van der Waals surface area contributed by atoms with Gasteiger partial charge in [-0.25, -0.2) is 4.57 Å². The Kier molecular flexibility index (Phi) is 10.6. The third-order valence-electron chi connectivity index (χ3n) is 4.29. The van der Waals surface area contributed by atoms with Gasteiger partial charge >= 0.3 is 39.6 Å². The molecule has 6 bridgehead atoms. The molecule has 15 nitrogen and oxygen atoms in total. The average molecular weight is 544 g/mol. The van der Waals surface area contributed by atoms with Crippen molar-refractivity contribution in [3.05, 3.63) is 0 Å². The van der Waals surface area contributed by atoms with Crippen LogP contribution in [0.15, 0.2) is 0 Å². The van der Waals surface area contributed by atoms with Gasteiger partial charge in [0.15, 0.2) is 0 Å². The highest BCUT2D eigenvalue weighted by atomic mass is 31.2. The molecule has 0 saturated carbocycles. The second kappa shape index (κ2) is 12.5. The van der Waals surface area contributed by atoms with Gasteiger partial charge in [-0.05, 0) is 0 Å². The molecule has 19 heteroatoms. The second-order valence-corrected chi connectivity index (χ2v) is 11.8. The SMILES string of the molecule is C1OP2OCC1CO2.C1OP2OCC1CO2.O=C(O)C12COP(OC1)OC2.O=P(O)(O)O. The summed E-state index contributed by atoms with van der Waals surface area (Å²) in [6, 6.07) is 0. The lowest BCUT2D eigenvalue weighted by atomic mass is 9.92. The third-order valence-corrected chi connectivity index (χ3v) is 7.47. The highest BCUT2D eigenvalue weighted by Crippen LogP contribution is 2.53. The monoisotopic (exact) mass is 544 g/mol. The molecule has 4 N–H and O–H groups in total. The van der Waals surface area contributed by atoms with Crippen LogP contribution >= 0.6 is 33.6 Å². The molecule has 9 saturated heterocycles. The predicted octanol–water partition coefficient (Wildman–Crippen LogP) is 1.25. The molecular weight excluding hydrogens is 520 g/mol. The second-order valence-electron chi connectivity index (χ2n) is 7.10. The summed E-state index contributed by atoms with van der Waals surface area (Å²) in [6.45, 7) is 5.68. The summed E-state index contributed by atoms with van der Waals surface area (Å²) in [5, 5.41) is 8.78. The molecule has 0 aromatic carbocycles. The summed E-state index contributed by atoms with van der Waals surface area (Å²) >= 11 is 0. The van der Waals surface area contributed by atoms with Crippen LogP contribution in [-0.2, 0) is 50.1 Å². The lowest BCUT2D eigenvalue weighted by Crippen LogP contribution is -2.49. The lowest BCUT2D eigenvalue weighted by molar-refractivity contribution is -0.166. The van der Waals surface area contributed by atoms with Gasteiger partial charge < -0.3 is 60.5 Å². The van der Waals surface area contributed by atoms with Crippen LogP contribution in [0.25, 0.3) is 0 Å². The smallest absolute Gasteiger partial charge is 0.466 e. The normalized spacial score (nSPS) is 38.9. The molecular formula is C13H24O15P4. The van der Waals surface area contributed by atoms with Crippen molar-refractivity contribution in [1.29, 1.82) is 0 Å². The van der Waals surface area contributed by atoms with E-state index in [2.05, 4.69) is 0 Å². The number of aliphatic carboxylic acids is 1. The first-order chi connectivity index (χ1) is 15.1. The fourth-order valence-corrected chi connectivity index (χ4v) is 6.18. The number of phosphoric acid groups is 1. The summed E-state index contributed by atoms with van der Waals surface area (Å²) < 4.78 is 54.4. The highest BCUT2D eigenvalue weighted by molar-refractivity contribution is 7.45. The van der Waals surface area contributed by atoms with E-state index >= 15 is 0 Å². The quantitative estimate of drug-likeness (QED) is 0.344. The minimum absolute atomic E-state index is 0.216. The lowest BCUT2D eigenvalue weighted by Gasteiger charge is -2.40. The van der Waals surface area contributed by atoms with Crippen molar-refractivity contribution in [2.24, 2.45) is 17.3 Å². The van der Waals surface area contributed by atoms with Gasteiger partial charge in [0.05, 0.1) is 59.5 Å². The zero-order valence-corrected chi connectivity index (χ0v) is 20.2. The molecule has 0 atom stereocenters. The van der Waals surface area contributed by atoms with E-state index in [-0.39, 0.29) is 19.8 Å². The van der Waals surface area contributed by atoms with Crippen LogP contribution in [-0.4, -0.2) is 85.2 Å². The molecule has 9 fully saturated rings. The third kappa shape index (κ3) is 8.94. The average Bonchev–Trinajstić information content (AvgIpc) is 2.83. The Labute approximate surface area is 186 Å². The molecule has 0 aromatic rings. The van der Waals surface area contributed by atoms with Crippen LogP contribution < -0.4 is 0 Å². The summed E-state index contributed by atoms with van der Waals surface area (Å²) in [6.07, 6.45) is 0. The maximum absolute atomic E-state index is 10.7. The molecule has 9 rings (SSSR count). The van der Waals surface area contributed by atoms with Crippen molar-refractivity contribution in [3.63, 3.8) is 0 Å². The fraction of sp³-hybridized carbons (Fsp3) is 0.923. The summed E-state index contributed by atoms with van der Waals surface area (Å²) in [4.78, 5) is 32.3. The summed E-state index contributed by atoms with van der Waals surface area (Å²) in [5.41, 5.74) is -0.947. The number of hydrogen-bond donors (Lipinski definition) is 4. The maximum atomic E-state index is 10.7. The molecule has 0 aromatic heterocycles. The van der Waals surface area contributed by atoms with Crippen molar-refractivity contribution in [1.82, 2.24) is 0 Å². The van der Waals surface area contributed by atoms with Gasteiger partial charge in [0.25, 0.3) is 0 Å². The summed E-state index contributed by atoms with van der Waals surface area (Å²) in [5.74, 6) is 0.0943. The van der Waals surface area contributed by atoms with Crippen molar-refractivity contribution >= 4 is 39.6 Å². The Hall–Kier alpha value is 0.510. The topological polar surface area (TPSA) is 198 Å². The number of rotatable bonds is 1. The molecule has 186 valence electrons. The highest BCUT2D eigenvalue weighted by Gasteiger charge is 2.50. The Balaban J connectivity index is 0.000000125. The molecule has 9 aliphatic heterocycles. The molecule has 9 aliphatic rings. The Morgan fingerprint density at radius 2 is 0.906 bits per heavy atom. The minimum Gasteiger partial charge on any atom is -0.481 e. The van der Waals surface area contributed by atoms with E-state index in [1.54, 1.807) is 0 Å². The molecule has 0 radical (unpaired) electrons. The van der Waals surface area contributed by atoms with Gasteiger partial charge in [-0.15, -0.1) is 0 Å². The van der Waals surface area contributed by atoms with Crippen molar-refractivity contribution in [2.45, 2.75) is 0 Å². The van der Waals surface area contributed by atoms with E-state index in [9.17, 15) is 4.79 Å². The Morgan fingerprint density at radius 3 is 1.03 bits per heavy atom. The Morgan fingerprint density at radius 1 is 0.656 bits per heavy atom. The van der Waals surface area contributed by atoms with Crippen LogP contribution in [0.2, 0.25) is 0 Å². The fourth-order valence-electron chi connectivity index (χ4n) is 2.46. The molecule has 9 heterocycles. The number of carboxylic acids is 1. The zero-order valence-electron chi connectivity index (χ0n) is 16.6. The van der Waals surface area contributed by atoms with Crippen molar-refractivity contribution in [3.8, 4) is 0 Å². The number of carboxylic acid groups (broad SMARTS) is 1. The zero-order chi connectivity index (χ0) is 23.2. The van der Waals surface area contributed by atoms with E-state index < -0.39 is 45.0 Å². The predicted molar refractivity (Wildman–Crippen MR) is 106 cm³/mol. The van der Waals surface area contributed by atoms with E-state index in [1.807, 2.05) is 0 Å².